The van der Waals surface area contributed by atoms with Crippen molar-refractivity contribution in [2.45, 2.75) is 24.1 Å². The van der Waals surface area contributed by atoms with Crippen LogP contribution in [-0.2, 0) is 14.8 Å². The summed E-state index contributed by atoms with van der Waals surface area (Å²) in [5, 5.41) is 9.64. The molecule has 0 atom stereocenters. The van der Waals surface area contributed by atoms with E-state index in [2.05, 4.69) is 20.2 Å². The highest BCUT2D eigenvalue weighted by Crippen LogP contribution is 2.33. The van der Waals surface area contributed by atoms with Crippen LogP contribution in [0.1, 0.15) is 30.1 Å². The number of aromatic nitrogens is 2. The number of rotatable bonds is 6. The summed E-state index contributed by atoms with van der Waals surface area (Å²) in [6.07, 6.45) is 1.84. The molecule has 0 unspecified atom stereocenters. The van der Waals surface area contributed by atoms with Crippen molar-refractivity contribution in [2.75, 3.05) is 10.0 Å². The van der Waals surface area contributed by atoms with E-state index >= 15 is 0 Å². The number of hydrogen-bond acceptors (Lipinski definition) is 7. The van der Waals surface area contributed by atoms with Crippen molar-refractivity contribution in [3.05, 3.63) is 29.8 Å². The van der Waals surface area contributed by atoms with E-state index in [-0.39, 0.29) is 27.1 Å². The van der Waals surface area contributed by atoms with Crippen LogP contribution >= 0.6 is 11.3 Å². The number of carbonyl (C=O) groups excluding carboxylic acids is 2. The third-order valence-corrected chi connectivity index (χ3v) is 5.88. The van der Waals surface area contributed by atoms with Gasteiger partial charge in [-0.1, -0.05) is 11.3 Å². The summed E-state index contributed by atoms with van der Waals surface area (Å²) >= 11 is 0.749. The van der Waals surface area contributed by atoms with E-state index in [0.717, 1.165) is 24.2 Å². The number of benzene rings is 1. The summed E-state index contributed by atoms with van der Waals surface area (Å²) in [4.78, 5) is 22.9. The standard InChI is InChI=1S/C14H14N4O4S2/c1-8(19)15-13-16-17-14(23-13)24(21,22)18-11-6-4-10(5-7-11)12(20)9-2-3-9/h4-7,9,18H,2-3H2,1H3,(H,15,16,19). The molecule has 8 nitrogen and oxygen atoms in total. The van der Waals surface area contributed by atoms with Crippen molar-refractivity contribution < 1.29 is 18.0 Å². The Labute approximate surface area is 142 Å². The molecule has 1 aliphatic rings. The third-order valence-electron chi connectivity index (χ3n) is 3.29. The second-order valence-electron chi connectivity index (χ2n) is 5.38. The molecule has 0 radical (unpaired) electrons. The molecular formula is C14H14N4O4S2. The van der Waals surface area contributed by atoms with E-state index in [1.54, 1.807) is 12.1 Å². The van der Waals surface area contributed by atoms with Gasteiger partial charge in [-0.3, -0.25) is 14.3 Å². The van der Waals surface area contributed by atoms with Crippen LogP contribution in [0.25, 0.3) is 0 Å². The van der Waals surface area contributed by atoms with Gasteiger partial charge in [-0.05, 0) is 37.1 Å². The number of amides is 1. The molecule has 2 N–H and O–H groups in total. The Hall–Kier alpha value is -2.33. The van der Waals surface area contributed by atoms with Gasteiger partial charge in [0.05, 0.1) is 0 Å². The van der Waals surface area contributed by atoms with Gasteiger partial charge in [0.2, 0.25) is 11.0 Å². The minimum Gasteiger partial charge on any atom is -0.301 e. The molecule has 1 aliphatic carbocycles. The predicted molar refractivity (Wildman–Crippen MR) is 88.5 cm³/mol. The van der Waals surface area contributed by atoms with Crippen LogP contribution in [0.15, 0.2) is 28.6 Å². The molecule has 0 spiro atoms. The lowest BCUT2D eigenvalue weighted by Crippen LogP contribution is -2.13. The maximum absolute atomic E-state index is 12.3. The van der Waals surface area contributed by atoms with Gasteiger partial charge in [-0.2, -0.15) is 8.42 Å². The molecule has 0 bridgehead atoms. The Balaban J connectivity index is 1.72. The number of nitrogens with zero attached hydrogens (tertiary/aromatic N) is 2. The SMILES string of the molecule is CC(=O)Nc1nnc(S(=O)(=O)Nc2ccc(C(=O)C3CC3)cc2)s1. The van der Waals surface area contributed by atoms with Crippen LogP contribution in [0, 0.1) is 5.92 Å². The summed E-state index contributed by atoms with van der Waals surface area (Å²) in [6.45, 7) is 1.29. The molecule has 1 aromatic heterocycles. The van der Waals surface area contributed by atoms with Gasteiger partial charge in [0, 0.05) is 24.1 Å². The van der Waals surface area contributed by atoms with Crippen molar-refractivity contribution in [1.82, 2.24) is 10.2 Å². The molecule has 10 heteroatoms. The second-order valence-corrected chi connectivity index (χ2v) is 8.21. The van der Waals surface area contributed by atoms with E-state index in [4.69, 9.17) is 0 Å². The van der Waals surface area contributed by atoms with Gasteiger partial charge in [-0.15, -0.1) is 10.2 Å². The topological polar surface area (TPSA) is 118 Å². The highest BCUT2D eigenvalue weighted by Gasteiger charge is 2.30. The van der Waals surface area contributed by atoms with E-state index < -0.39 is 10.0 Å². The maximum atomic E-state index is 12.3. The number of carbonyl (C=O) groups is 2. The zero-order valence-corrected chi connectivity index (χ0v) is 14.3. The van der Waals surface area contributed by atoms with Crippen LogP contribution in [0.2, 0.25) is 0 Å². The first-order valence-electron chi connectivity index (χ1n) is 7.13. The Morgan fingerprint density at radius 3 is 2.42 bits per heavy atom. The number of ketones is 1. The molecule has 1 aromatic carbocycles. The molecule has 1 fully saturated rings. The molecule has 24 heavy (non-hydrogen) atoms. The van der Waals surface area contributed by atoms with Crippen LogP contribution in [0.5, 0.6) is 0 Å². The summed E-state index contributed by atoms with van der Waals surface area (Å²) in [6, 6.07) is 6.26. The van der Waals surface area contributed by atoms with Crippen molar-refractivity contribution in [1.29, 1.82) is 0 Å². The molecule has 126 valence electrons. The summed E-state index contributed by atoms with van der Waals surface area (Å²) in [5.74, 6) is -0.159. The molecule has 1 saturated carbocycles. The van der Waals surface area contributed by atoms with Crippen molar-refractivity contribution >= 4 is 43.9 Å². The fourth-order valence-corrected chi connectivity index (χ4v) is 4.01. The highest BCUT2D eigenvalue weighted by atomic mass is 32.2. The van der Waals surface area contributed by atoms with Crippen LogP contribution in [0.4, 0.5) is 10.8 Å². The molecule has 1 heterocycles. The minimum atomic E-state index is -3.91. The average Bonchev–Trinajstić information content (AvgIpc) is 3.26. The Bertz CT molecular complexity index is 886. The lowest BCUT2D eigenvalue weighted by Gasteiger charge is -2.06. The lowest BCUT2D eigenvalue weighted by atomic mass is 10.1. The minimum absolute atomic E-state index is 0.0912. The van der Waals surface area contributed by atoms with Gasteiger partial charge in [0.1, 0.15) is 0 Å². The zero-order chi connectivity index (χ0) is 17.3. The third kappa shape index (κ3) is 3.77. The van der Waals surface area contributed by atoms with Gasteiger partial charge in [0.15, 0.2) is 5.78 Å². The number of anilines is 2. The molecular weight excluding hydrogens is 352 g/mol. The van der Waals surface area contributed by atoms with E-state index in [0.29, 0.717) is 11.3 Å². The van der Waals surface area contributed by atoms with Crippen LogP contribution in [0.3, 0.4) is 0 Å². The summed E-state index contributed by atoms with van der Waals surface area (Å²) in [7, 11) is -3.91. The first-order chi connectivity index (χ1) is 11.3. The fraction of sp³-hybridized carbons (Fsp3) is 0.286. The van der Waals surface area contributed by atoms with Crippen molar-refractivity contribution in [3.8, 4) is 0 Å². The number of Topliss-reactive ketones (excluding diaryl/α,β-unsaturated/α-hetero) is 1. The maximum Gasteiger partial charge on any atom is 0.291 e. The van der Waals surface area contributed by atoms with Crippen LogP contribution in [-0.4, -0.2) is 30.3 Å². The Kier molecular flexibility index (Phi) is 4.33. The van der Waals surface area contributed by atoms with Gasteiger partial charge in [-0.25, -0.2) is 0 Å². The lowest BCUT2D eigenvalue weighted by molar-refractivity contribution is -0.114. The zero-order valence-electron chi connectivity index (χ0n) is 12.6. The second kappa shape index (κ2) is 6.29. The number of nitrogens with one attached hydrogen (secondary N) is 2. The molecule has 2 aromatic rings. The quantitative estimate of drug-likeness (QED) is 0.595. The largest absolute Gasteiger partial charge is 0.301 e. The smallest absolute Gasteiger partial charge is 0.291 e. The molecule has 0 saturated heterocycles. The highest BCUT2D eigenvalue weighted by molar-refractivity contribution is 7.94. The van der Waals surface area contributed by atoms with Gasteiger partial charge in [0.25, 0.3) is 14.4 Å². The first-order valence-corrected chi connectivity index (χ1v) is 9.43. The van der Waals surface area contributed by atoms with E-state index in [1.807, 2.05) is 0 Å². The fourth-order valence-electron chi connectivity index (χ4n) is 2.00. The average molecular weight is 366 g/mol. The summed E-state index contributed by atoms with van der Waals surface area (Å²) < 4.78 is 26.6. The Morgan fingerprint density at radius 1 is 1.17 bits per heavy atom. The van der Waals surface area contributed by atoms with Crippen molar-refractivity contribution in [3.63, 3.8) is 0 Å². The number of hydrogen-bond donors (Lipinski definition) is 2. The normalized spacial score (nSPS) is 14.2. The first kappa shape index (κ1) is 16.5. The van der Waals surface area contributed by atoms with Gasteiger partial charge < -0.3 is 5.32 Å². The molecule has 0 aliphatic heterocycles. The van der Waals surface area contributed by atoms with E-state index in [1.165, 1.54) is 19.1 Å². The molecule has 3 rings (SSSR count). The predicted octanol–water partition coefficient (Wildman–Crippen LogP) is 1.89. The van der Waals surface area contributed by atoms with Gasteiger partial charge >= 0.3 is 0 Å². The Morgan fingerprint density at radius 2 is 1.83 bits per heavy atom. The monoisotopic (exact) mass is 366 g/mol. The number of sulfonamides is 1. The van der Waals surface area contributed by atoms with E-state index in [9.17, 15) is 18.0 Å². The van der Waals surface area contributed by atoms with Crippen molar-refractivity contribution in [2.24, 2.45) is 5.92 Å². The molecule has 1 amide bonds. The summed E-state index contributed by atoms with van der Waals surface area (Å²) in [5.41, 5.74) is 0.892. The van der Waals surface area contributed by atoms with Crippen LogP contribution < -0.4 is 10.0 Å².